The van der Waals surface area contributed by atoms with Crippen LogP contribution in [0.3, 0.4) is 0 Å². The smallest absolute Gasteiger partial charge is 0.344 e. The summed E-state index contributed by atoms with van der Waals surface area (Å²) in [4.78, 5) is 23.3. The molecule has 6 nitrogen and oxygen atoms in total. The first kappa shape index (κ1) is 17.4. The van der Waals surface area contributed by atoms with E-state index in [0.29, 0.717) is 12.2 Å². The third-order valence-corrected chi connectivity index (χ3v) is 4.03. The molecule has 126 valence electrons. The number of esters is 2. The Balaban J connectivity index is 2.29. The lowest BCUT2D eigenvalue weighted by Crippen LogP contribution is -2.46. The van der Waals surface area contributed by atoms with Crippen molar-refractivity contribution in [3.63, 3.8) is 0 Å². The highest BCUT2D eigenvalue weighted by Crippen LogP contribution is 2.34. The zero-order valence-electron chi connectivity index (χ0n) is 14.0. The van der Waals surface area contributed by atoms with Crippen LogP contribution in [0.4, 0.5) is 0 Å². The lowest BCUT2D eigenvalue weighted by Gasteiger charge is -2.17. The molecule has 1 aliphatic rings. The second kappa shape index (κ2) is 7.55. The first-order valence-electron chi connectivity index (χ1n) is 7.98. The van der Waals surface area contributed by atoms with E-state index in [1.807, 2.05) is 13.8 Å². The topological polar surface area (TPSA) is 65.7 Å². The molecular formula is C17H24NO5+. The molecule has 2 rings (SSSR count). The van der Waals surface area contributed by atoms with Gasteiger partial charge in [0.2, 0.25) is 0 Å². The van der Waals surface area contributed by atoms with Gasteiger partial charge in [0, 0.05) is 18.9 Å². The van der Waals surface area contributed by atoms with Crippen LogP contribution in [0.15, 0.2) is 24.5 Å². The second-order valence-corrected chi connectivity index (χ2v) is 5.67. The van der Waals surface area contributed by atoms with E-state index in [4.69, 9.17) is 14.2 Å². The van der Waals surface area contributed by atoms with E-state index in [1.54, 1.807) is 36.0 Å². The fraction of sp³-hybridized carbons (Fsp3) is 0.588. The van der Waals surface area contributed by atoms with Crippen molar-refractivity contribution in [2.45, 2.75) is 52.6 Å². The van der Waals surface area contributed by atoms with Crippen LogP contribution < -0.4 is 4.57 Å². The Kier molecular flexibility index (Phi) is 5.71. The summed E-state index contributed by atoms with van der Waals surface area (Å²) < 4.78 is 18.3. The van der Waals surface area contributed by atoms with Gasteiger partial charge in [-0.05, 0) is 19.4 Å². The van der Waals surface area contributed by atoms with Gasteiger partial charge < -0.3 is 14.2 Å². The zero-order chi connectivity index (χ0) is 17.0. The predicted octanol–water partition coefficient (Wildman–Crippen LogP) is 2.03. The number of carbonyl (C=O) groups excluding carboxylic acids is 2. The van der Waals surface area contributed by atoms with Crippen molar-refractivity contribution in [1.29, 1.82) is 0 Å². The average molecular weight is 322 g/mol. The van der Waals surface area contributed by atoms with E-state index in [2.05, 4.69) is 0 Å². The summed E-state index contributed by atoms with van der Waals surface area (Å²) in [7, 11) is 0. The standard InChI is InChI=1S/C17H24NO5/c1-5-14-11(3)15(22-12(4)19)16(23-14)18-9-7-8-13(10-18)17(20)21-6-2/h7-11,14-16H,5-6H2,1-4H3/q+1/t11-,14+,15?,16+/m0/s1. The van der Waals surface area contributed by atoms with Crippen molar-refractivity contribution in [3.05, 3.63) is 30.1 Å². The summed E-state index contributed by atoms with van der Waals surface area (Å²) in [5.74, 6) is -0.647. The van der Waals surface area contributed by atoms with Crippen LogP contribution in [0.1, 0.15) is 50.7 Å². The second-order valence-electron chi connectivity index (χ2n) is 5.67. The quantitative estimate of drug-likeness (QED) is 0.613. The average Bonchev–Trinajstić information content (AvgIpc) is 2.84. The van der Waals surface area contributed by atoms with Crippen LogP contribution >= 0.6 is 0 Å². The van der Waals surface area contributed by atoms with E-state index < -0.39 is 6.23 Å². The summed E-state index contributed by atoms with van der Waals surface area (Å²) in [6.07, 6.45) is 3.46. The van der Waals surface area contributed by atoms with Crippen molar-refractivity contribution in [2.75, 3.05) is 6.61 Å². The van der Waals surface area contributed by atoms with Crippen molar-refractivity contribution < 1.29 is 28.4 Å². The predicted molar refractivity (Wildman–Crippen MR) is 81.5 cm³/mol. The number of pyridine rings is 1. The van der Waals surface area contributed by atoms with Crippen molar-refractivity contribution in [2.24, 2.45) is 5.92 Å². The fourth-order valence-corrected chi connectivity index (χ4v) is 2.90. The molecule has 1 saturated heterocycles. The highest BCUT2D eigenvalue weighted by molar-refractivity contribution is 5.88. The third-order valence-electron chi connectivity index (χ3n) is 4.03. The highest BCUT2D eigenvalue weighted by atomic mass is 16.6. The zero-order valence-corrected chi connectivity index (χ0v) is 14.0. The Labute approximate surface area is 136 Å². The third kappa shape index (κ3) is 3.88. The highest BCUT2D eigenvalue weighted by Gasteiger charge is 2.49. The molecular weight excluding hydrogens is 298 g/mol. The van der Waals surface area contributed by atoms with E-state index in [0.717, 1.165) is 6.42 Å². The Bertz CT molecular complexity index is 574. The van der Waals surface area contributed by atoms with Crippen LogP contribution in [0.2, 0.25) is 0 Å². The van der Waals surface area contributed by atoms with Gasteiger partial charge in [0.05, 0.1) is 12.7 Å². The van der Waals surface area contributed by atoms with E-state index in [-0.39, 0.29) is 30.1 Å². The molecule has 6 heteroatoms. The maximum atomic E-state index is 11.9. The number of ether oxygens (including phenoxy) is 3. The molecule has 0 N–H and O–H groups in total. The van der Waals surface area contributed by atoms with Gasteiger partial charge in [-0.3, -0.25) is 4.79 Å². The van der Waals surface area contributed by atoms with Gasteiger partial charge in [-0.1, -0.05) is 13.8 Å². The molecule has 1 aliphatic heterocycles. The lowest BCUT2D eigenvalue weighted by atomic mass is 9.98. The largest absolute Gasteiger partial charge is 0.462 e. The number of nitrogens with zero attached hydrogens (tertiary/aromatic N) is 1. The summed E-state index contributed by atoms with van der Waals surface area (Å²) in [6, 6.07) is 3.44. The van der Waals surface area contributed by atoms with Gasteiger partial charge in [-0.15, -0.1) is 0 Å². The summed E-state index contributed by atoms with van der Waals surface area (Å²) in [6.45, 7) is 7.52. The molecule has 4 atom stereocenters. The molecule has 0 spiro atoms. The van der Waals surface area contributed by atoms with Crippen LogP contribution in [0.25, 0.3) is 0 Å². The monoisotopic (exact) mass is 322 g/mol. The summed E-state index contributed by atoms with van der Waals surface area (Å²) in [5, 5.41) is 0. The maximum absolute atomic E-state index is 11.9. The molecule has 0 bridgehead atoms. The van der Waals surface area contributed by atoms with E-state index >= 15 is 0 Å². The molecule has 0 amide bonds. The SMILES string of the molecule is CCOC(=O)c1ccc[n+]([C@@H]2O[C@H](CC)[C@H](C)C2OC(C)=O)c1. The molecule has 0 radical (unpaired) electrons. The van der Waals surface area contributed by atoms with Gasteiger partial charge in [0.15, 0.2) is 18.5 Å². The Hall–Kier alpha value is -1.95. The first-order valence-corrected chi connectivity index (χ1v) is 7.98. The Morgan fingerprint density at radius 2 is 2.09 bits per heavy atom. The van der Waals surface area contributed by atoms with Crippen molar-refractivity contribution >= 4 is 11.9 Å². The Morgan fingerprint density at radius 1 is 1.35 bits per heavy atom. The summed E-state index contributed by atoms with van der Waals surface area (Å²) >= 11 is 0. The molecule has 1 aromatic heterocycles. The minimum atomic E-state index is -0.451. The van der Waals surface area contributed by atoms with Crippen LogP contribution in [-0.4, -0.2) is 30.8 Å². The van der Waals surface area contributed by atoms with Gasteiger partial charge in [-0.2, -0.15) is 4.57 Å². The maximum Gasteiger partial charge on any atom is 0.344 e. The van der Waals surface area contributed by atoms with Crippen LogP contribution in [-0.2, 0) is 19.0 Å². The van der Waals surface area contributed by atoms with Gasteiger partial charge in [0.25, 0.3) is 0 Å². The van der Waals surface area contributed by atoms with Gasteiger partial charge >= 0.3 is 18.2 Å². The lowest BCUT2D eigenvalue weighted by molar-refractivity contribution is -0.765. The molecule has 23 heavy (non-hydrogen) atoms. The molecule has 2 heterocycles. The van der Waals surface area contributed by atoms with Crippen LogP contribution in [0.5, 0.6) is 0 Å². The number of carbonyl (C=O) groups is 2. The normalized spacial score (nSPS) is 26.8. The molecule has 0 saturated carbocycles. The van der Waals surface area contributed by atoms with Crippen LogP contribution in [0, 0.1) is 5.92 Å². The number of aromatic nitrogens is 1. The number of hydrogen-bond donors (Lipinski definition) is 0. The summed E-state index contributed by atoms with van der Waals surface area (Å²) in [5.41, 5.74) is 0.437. The van der Waals surface area contributed by atoms with Gasteiger partial charge in [0.1, 0.15) is 5.56 Å². The fourth-order valence-electron chi connectivity index (χ4n) is 2.90. The van der Waals surface area contributed by atoms with Gasteiger partial charge in [-0.25, -0.2) is 4.79 Å². The van der Waals surface area contributed by atoms with Crippen molar-refractivity contribution in [3.8, 4) is 0 Å². The minimum absolute atomic E-state index is 0.00287. The number of rotatable bonds is 5. The van der Waals surface area contributed by atoms with E-state index in [1.165, 1.54) is 6.92 Å². The van der Waals surface area contributed by atoms with E-state index in [9.17, 15) is 9.59 Å². The number of hydrogen-bond acceptors (Lipinski definition) is 5. The molecule has 0 aliphatic carbocycles. The molecule has 1 fully saturated rings. The molecule has 1 aromatic rings. The Morgan fingerprint density at radius 3 is 2.70 bits per heavy atom. The van der Waals surface area contributed by atoms with Crippen molar-refractivity contribution in [1.82, 2.24) is 0 Å². The minimum Gasteiger partial charge on any atom is -0.462 e. The molecule has 0 aromatic carbocycles. The molecule has 1 unspecified atom stereocenters. The first-order chi connectivity index (χ1) is 11.0.